The summed E-state index contributed by atoms with van der Waals surface area (Å²) >= 11 is 0. The second kappa shape index (κ2) is 6.65. The molecule has 1 heterocycles. The summed E-state index contributed by atoms with van der Waals surface area (Å²) in [4.78, 5) is -0.188. The lowest BCUT2D eigenvalue weighted by molar-refractivity contribution is 0.427. The minimum absolute atomic E-state index is 0. The summed E-state index contributed by atoms with van der Waals surface area (Å²) in [6.45, 7) is 3.83. The van der Waals surface area contributed by atoms with E-state index in [2.05, 4.69) is 5.32 Å². The molecule has 1 aliphatic heterocycles. The number of hydrogen-bond acceptors (Lipinski definition) is 3. The molecule has 0 radical (unpaired) electrons. The van der Waals surface area contributed by atoms with Crippen LogP contribution < -0.4 is 5.32 Å². The molecule has 0 amide bonds. The van der Waals surface area contributed by atoms with E-state index < -0.39 is 15.8 Å². The average molecular weight is 309 g/mol. The maximum absolute atomic E-state index is 13.8. The van der Waals surface area contributed by atoms with E-state index in [1.54, 1.807) is 13.0 Å². The second-order valence-electron chi connectivity index (χ2n) is 4.39. The molecule has 0 aromatic heterocycles. The Labute approximate surface area is 119 Å². The maximum Gasteiger partial charge on any atom is 0.246 e. The molecule has 1 N–H and O–H groups in total. The van der Waals surface area contributed by atoms with E-state index in [-0.39, 0.29) is 17.3 Å². The monoisotopic (exact) mass is 308 g/mol. The molecule has 0 atom stereocenters. The molecule has 108 valence electrons. The lowest BCUT2D eigenvalue weighted by Gasteiger charge is -2.21. The molecule has 0 bridgehead atoms. The van der Waals surface area contributed by atoms with Crippen LogP contribution in [-0.4, -0.2) is 38.9 Å². The third-order valence-corrected chi connectivity index (χ3v) is 5.14. The lowest BCUT2D eigenvalue weighted by Crippen LogP contribution is -2.35. The van der Waals surface area contributed by atoms with Crippen molar-refractivity contribution in [1.82, 2.24) is 9.62 Å². The van der Waals surface area contributed by atoms with Crippen molar-refractivity contribution in [2.45, 2.75) is 18.2 Å². The van der Waals surface area contributed by atoms with Crippen LogP contribution in [0.25, 0.3) is 0 Å². The Hall–Kier alpha value is -0.690. The van der Waals surface area contributed by atoms with Gasteiger partial charge in [0.15, 0.2) is 0 Å². The highest BCUT2D eigenvalue weighted by atomic mass is 35.5. The predicted molar refractivity (Wildman–Crippen MR) is 74.6 cm³/mol. The number of rotatable bonds is 2. The first-order chi connectivity index (χ1) is 8.53. The van der Waals surface area contributed by atoms with Crippen LogP contribution in [0.15, 0.2) is 23.1 Å². The fourth-order valence-corrected chi connectivity index (χ4v) is 3.88. The minimum atomic E-state index is -3.73. The zero-order valence-electron chi connectivity index (χ0n) is 10.7. The zero-order chi connectivity index (χ0) is 13.2. The van der Waals surface area contributed by atoms with Crippen molar-refractivity contribution in [3.05, 3.63) is 29.6 Å². The summed E-state index contributed by atoms with van der Waals surface area (Å²) in [5, 5.41) is 3.13. The van der Waals surface area contributed by atoms with Gasteiger partial charge in [0, 0.05) is 19.6 Å². The van der Waals surface area contributed by atoms with Gasteiger partial charge in [-0.15, -0.1) is 12.4 Å². The van der Waals surface area contributed by atoms with Crippen LogP contribution in [-0.2, 0) is 10.0 Å². The second-order valence-corrected chi connectivity index (χ2v) is 6.27. The molecule has 1 saturated heterocycles. The number of nitrogens with zero attached hydrogens (tertiary/aromatic N) is 1. The number of hydrogen-bond donors (Lipinski definition) is 1. The summed E-state index contributed by atoms with van der Waals surface area (Å²) in [5.74, 6) is -0.674. The molecule has 1 aromatic carbocycles. The standard InChI is InChI=1S/C12H17FN2O2S.ClH/c1-10-4-2-5-11(13)12(10)18(16,17)15-8-3-6-14-7-9-15;/h2,4-5,14H,3,6-9H2,1H3;1H. The van der Waals surface area contributed by atoms with E-state index >= 15 is 0 Å². The molecule has 0 spiro atoms. The van der Waals surface area contributed by atoms with Gasteiger partial charge >= 0.3 is 0 Å². The summed E-state index contributed by atoms with van der Waals surface area (Å²) < 4.78 is 40.0. The van der Waals surface area contributed by atoms with Gasteiger partial charge in [-0.05, 0) is 31.5 Å². The normalized spacial score (nSPS) is 17.6. The van der Waals surface area contributed by atoms with Crippen LogP contribution in [0, 0.1) is 12.7 Å². The van der Waals surface area contributed by atoms with Gasteiger partial charge in [0.25, 0.3) is 0 Å². The van der Waals surface area contributed by atoms with Crippen molar-refractivity contribution in [3.8, 4) is 0 Å². The lowest BCUT2D eigenvalue weighted by atomic mass is 10.2. The summed E-state index contributed by atoms with van der Waals surface area (Å²) in [5.41, 5.74) is 0.451. The van der Waals surface area contributed by atoms with Gasteiger partial charge in [-0.25, -0.2) is 12.8 Å². The van der Waals surface area contributed by atoms with Gasteiger partial charge in [0.05, 0.1) is 0 Å². The molecule has 1 aromatic rings. The van der Waals surface area contributed by atoms with Crippen molar-refractivity contribution in [2.75, 3.05) is 26.2 Å². The highest BCUT2D eigenvalue weighted by Gasteiger charge is 2.29. The van der Waals surface area contributed by atoms with Gasteiger partial charge in [-0.1, -0.05) is 12.1 Å². The van der Waals surface area contributed by atoms with Crippen molar-refractivity contribution in [3.63, 3.8) is 0 Å². The van der Waals surface area contributed by atoms with E-state index in [1.165, 1.54) is 16.4 Å². The molecule has 0 aliphatic carbocycles. The summed E-state index contributed by atoms with van der Waals surface area (Å²) in [7, 11) is -3.73. The van der Waals surface area contributed by atoms with Crippen LogP contribution in [0.3, 0.4) is 0 Å². The van der Waals surface area contributed by atoms with Crippen molar-refractivity contribution < 1.29 is 12.8 Å². The first-order valence-electron chi connectivity index (χ1n) is 5.99. The third-order valence-electron chi connectivity index (χ3n) is 3.06. The Balaban J connectivity index is 0.00000180. The largest absolute Gasteiger partial charge is 0.315 e. The minimum Gasteiger partial charge on any atom is -0.315 e. The fraction of sp³-hybridized carbons (Fsp3) is 0.500. The van der Waals surface area contributed by atoms with E-state index in [0.717, 1.165) is 13.0 Å². The van der Waals surface area contributed by atoms with Gasteiger partial charge in [-0.2, -0.15) is 4.31 Å². The van der Waals surface area contributed by atoms with E-state index in [4.69, 9.17) is 0 Å². The van der Waals surface area contributed by atoms with Crippen molar-refractivity contribution >= 4 is 22.4 Å². The number of aryl methyl sites for hydroxylation is 1. The Bertz CT molecular complexity index is 508. The first kappa shape index (κ1) is 16.4. The molecule has 19 heavy (non-hydrogen) atoms. The molecular weight excluding hydrogens is 291 g/mol. The van der Waals surface area contributed by atoms with Gasteiger partial charge in [-0.3, -0.25) is 0 Å². The fourth-order valence-electron chi connectivity index (χ4n) is 2.13. The van der Waals surface area contributed by atoms with Crippen LogP contribution in [0.1, 0.15) is 12.0 Å². The van der Waals surface area contributed by atoms with Gasteiger partial charge in [0.1, 0.15) is 10.7 Å². The zero-order valence-corrected chi connectivity index (χ0v) is 12.4. The number of benzene rings is 1. The van der Waals surface area contributed by atoms with Crippen LogP contribution in [0.4, 0.5) is 4.39 Å². The number of sulfonamides is 1. The smallest absolute Gasteiger partial charge is 0.246 e. The van der Waals surface area contributed by atoms with Crippen LogP contribution >= 0.6 is 12.4 Å². The topological polar surface area (TPSA) is 49.4 Å². The quantitative estimate of drug-likeness (QED) is 0.901. The predicted octanol–water partition coefficient (Wildman–Crippen LogP) is 1.54. The molecule has 4 nitrogen and oxygen atoms in total. The van der Waals surface area contributed by atoms with Gasteiger partial charge in [0.2, 0.25) is 10.0 Å². The Morgan fingerprint density at radius 1 is 1.26 bits per heavy atom. The van der Waals surface area contributed by atoms with Crippen LogP contribution in [0.2, 0.25) is 0 Å². The average Bonchev–Trinajstić information content (AvgIpc) is 2.57. The third kappa shape index (κ3) is 3.45. The van der Waals surface area contributed by atoms with Crippen molar-refractivity contribution in [1.29, 1.82) is 0 Å². The Kier molecular flexibility index (Phi) is 5.73. The maximum atomic E-state index is 13.8. The molecule has 2 rings (SSSR count). The van der Waals surface area contributed by atoms with Crippen LogP contribution in [0.5, 0.6) is 0 Å². The number of nitrogens with one attached hydrogen (secondary N) is 1. The van der Waals surface area contributed by atoms with E-state index in [0.29, 0.717) is 25.2 Å². The van der Waals surface area contributed by atoms with E-state index in [9.17, 15) is 12.8 Å². The Morgan fingerprint density at radius 2 is 2.00 bits per heavy atom. The Morgan fingerprint density at radius 3 is 2.68 bits per heavy atom. The highest BCUT2D eigenvalue weighted by Crippen LogP contribution is 2.23. The molecule has 1 fully saturated rings. The molecule has 7 heteroatoms. The number of halogens is 2. The molecule has 1 aliphatic rings. The first-order valence-corrected chi connectivity index (χ1v) is 7.43. The highest BCUT2D eigenvalue weighted by molar-refractivity contribution is 7.89. The summed E-state index contributed by atoms with van der Waals surface area (Å²) in [6.07, 6.45) is 0.743. The van der Waals surface area contributed by atoms with Gasteiger partial charge < -0.3 is 5.32 Å². The molecule has 0 unspecified atom stereocenters. The SMILES string of the molecule is Cc1cccc(F)c1S(=O)(=O)N1CCCNCC1.Cl. The van der Waals surface area contributed by atoms with E-state index in [1.807, 2.05) is 0 Å². The molecule has 0 saturated carbocycles. The summed E-state index contributed by atoms with van der Waals surface area (Å²) in [6, 6.07) is 4.33. The molecular formula is C12H18ClFN2O2S. The van der Waals surface area contributed by atoms with Crippen molar-refractivity contribution in [2.24, 2.45) is 0 Å².